The molecule has 0 aliphatic carbocycles. The minimum atomic E-state index is -1.00. The first-order valence-corrected chi connectivity index (χ1v) is 8.47. The highest BCUT2D eigenvalue weighted by Crippen LogP contribution is 2.19. The summed E-state index contributed by atoms with van der Waals surface area (Å²) in [5.74, 6) is -0.581. The lowest BCUT2D eigenvalue weighted by Crippen LogP contribution is -2.40. The number of methoxy groups -OCH3 is 1. The number of aliphatic carboxylic acids is 1. The van der Waals surface area contributed by atoms with E-state index in [1.54, 1.807) is 43.5 Å². The van der Waals surface area contributed by atoms with Crippen LogP contribution in [-0.2, 0) is 16.0 Å². The van der Waals surface area contributed by atoms with Crippen LogP contribution in [0.3, 0.4) is 0 Å². The van der Waals surface area contributed by atoms with E-state index in [0.29, 0.717) is 29.4 Å². The van der Waals surface area contributed by atoms with Gasteiger partial charge in [-0.15, -0.1) is 0 Å². The maximum Gasteiger partial charge on any atom is 0.323 e. The Morgan fingerprint density at radius 2 is 1.73 bits per heavy atom. The standard InChI is InChI=1S/C19H21ClN2O4/c1-26-17-8-6-16(7-9-17)22(13-19(24)25)12-18(23)21-11-10-14-2-4-15(20)5-3-14/h2-9H,10-13H2,1H3,(H,21,23)(H,24,25). The molecule has 0 atom stereocenters. The first-order chi connectivity index (χ1) is 12.5. The molecule has 7 heteroatoms. The van der Waals surface area contributed by atoms with Crippen molar-refractivity contribution in [2.45, 2.75) is 6.42 Å². The van der Waals surface area contributed by atoms with Gasteiger partial charge in [-0.05, 0) is 48.4 Å². The molecule has 0 radical (unpaired) electrons. The molecule has 2 aromatic carbocycles. The zero-order valence-corrected chi connectivity index (χ0v) is 15.2. The summed E-state index contributed by atoms with van der Waals surface area (Å²) >= 11 is 5.84. The number of hydrogen-bond donors (Lipinski definition) is 2. The number of nitrogens with zero attached hydrogens (tertiary/aromatic N) is 1. The summed E-state index contributed by atoms with van der Waals surface area (Å²) < 4.78 is 5.09. The normalized spacial score (nSPS) is 10.2. The Bertz CT molecular complexity index is 732. The number of ether oxygens (including phenoxy) is 1. The zero-order valence-electron chi connectivity index (χ0n) is 14.4. The molecule has 0 saturated heterocycles. The topological polar surface area (TPSA) is 78.9 Å². The van der Waals surface area contributed by atoms with E-state index in [-0.39, 0.29) is 19.0 Å². The minimum Gasteiger partial charge on any atom is -0.497 e. The molecule has 26 heavy (non-hydrogen) atoms. The second-order valence-corrected chi connectivity index (χ2v) is 6.11. The van der Waals surface area contributed by atoms with Crippen molar-refractivity contribution in [2.75, 3.05) is 31.6 Å². The molecule has 0 heterocycles. The van der Waals surface area contributed by atoms with E-state index in [0.717, 1.165) is 5.56 Å². The monoisotopic (exact) mass is 376 g/mol. The fraction of sp³-hybridized carbons (Fsp3) is 0.263. The summed E-state index contributed by atoms with van der Waals surface area (Å²) in [6.07, 6.45) is 0.671. The Labute approximate surface area is 157 Å². The van der Waals surface area contributed by atoms with Gasteiger partial charge in [0.25, 0.3) is 0 Å². The first kappa shape index (κ1) is 19.6. The average molecular weight is 377 g/mol. The van der Waals surface area contributed by atoms with Crippen LogP contribution in [0.2, 0.25) is 5.02 Å². The van der Waals surface area contributed by atoms with Crippen molar-refractivity contribution in [2.24, 2.45) is 0 Å². The van der Waals surface area contributed by atoms with Crippen LogP contribution in [0.4, 0.5) is 5.69 Å². The third kappa shape index (κ3) is 6.29. The Morgan fingerprint density at radius 1 is 1.08 bits per heavy atom. The third-order valence-corrected chi connectivity index (χ3v) is 4.00. The van der Waals surface area contributed by atoms with Gasteiger partial charge in [-0.3, -0.25) is 9.59 Å². The lowest BCUT2D eigenvalue weighted by molar-refractivity contribution is -0.135. The highest BCUT2D eigenvalue weighted by molar-refractivity contribution is 6.30. The smallest absolute Gasteiger partial charge is 0.323 e. The van der Waals surface area contributed by atoms with Crippen LogP contribution in [0.25, 0.3) is 0 Å². The molecule has 0 spiro atoms. The summed E-state index contributed by atoms with van der Waals surface area (Å²) in [5, 5.41) is 12.6. The van der Waals surface area contributed by atoms with E-state index >= 15 is 0 Å². The second-order valence-electron chi connectivity index (χ2n) is 5.67. The summed E-state index contributed by atoms with van der Waals surface area (Å²) in [5.41, 5.74) is 1.70. The van der Waals surface area contributed by atoms with Crippen LogP contribution < -0.4 is 15.0 Å². The van der Waals surface area contributed by atoms with Crippen molar-refractivity contribution >= 4 is 29.2 Å². The molecular formula is C19H21ClN2O4. The largest absolute Gasteiger partial charge is 0.497 e. The number of carbonyl (C=O) groups excluding carboxylic acids is 1. The molecule has 0 fully saturated rings. The van der Waals surface area contributed by atoms with Crippen LogP contribution in [0.5, 0.6) is 5.75 Å². The fourth-order valence-corrected chi connectivity index (χ4v) is 2.55. The van der Waals surface area contributed by atoms with Crippen LogP contribution in [-0.4, -0.2) is 43.7 Å². The average Bonchev–Trinajstić information content (AvgIpc) is 2.62. The Kier molecular flexibility index (Phi) is 7.29. The van der Waals surface area contributed by atoms with Gasteiger partial charge in [0, 0.05) is 17.3 Å². The fourth-order valence-electron chi connectivity index (χ4n) is 2.42. The maximum atomic E-state index is 12.2. The van der Waals surface area contributed by atoms with E-state index in [1.807, 2.05) is 12.1 Å². The number of benzene rings is 2. The molecule has 6 nitrogen and oxygen atoms in total. The number of amides is 1. The van der Waals surface area contributed by atoms with Crippen molar-refractivity contribution in [1.29, 1.82) is 0 Å². The van der Waals surface area contributed by atoms with Gasteiger partial charge in [-0.1, -0.05) is 23.7 Å². The van der Waals surface area contributed by atoms with Gasteiger partial charge in [0.1, 0.15) is 12.3 Å². The van der Waals surface area contributed by atoms with Crippen molar-refractivity contribution in [3.8, 4) is 5.75 Å². The number of carboxylic acids is 1. The SMILES string of the molecule is COc1ccc(N(CC(=O)O)CC(=O)NCCc2ccc(Cl)cc2)cc1. The van der Waals surface area contributed by atoms with Gasteiger partial charge < -0.3 is 20.1 Å². The lowest BCUT2D eigenvalue weighted by Gasteiger charge is -2.22. The number of carbonyl (C=O) groups is 2. The Morgan fingerprint density at radius 3 is 2.31 bits per heavy atom. The van der Waals surface area contributed by atoms with E-state index in [2.05, 4.69) is 5.32 Å². The lowest BCUT2D eigenvalue weighted by atomic mass is 10.1. The molecule has 1 amide bonds. The van der Waals surface area contributed by atoms with Crippen LogP contribution in [0.1, 0.15) is 5.56 Å². The number of nitrogens with one attached hydrogen (secondary N) is 1. The minimum absolute atomic E-state index is 0.0424. The summed E-state index contributed by atoms with van der Waals surface area (Å²) in [4.78, 5) is 24.8. The molecule has 2 aromatic rings. The second kappa shape index (κ2) is 9.68. The van der Waals surface area contributed by atoms with Crippen LogP contribution >= 0.6 is 11.6 Å². The quantitative estimate of drug-likeness (QED) is 0.703. The number of rotatable bonds is 9. The molecule has 2 rings (SSSR count). The molecular weight excluding hydrogens is 356 g/mol. The number of anilines is 1. The maximum absolute atomic E-state index is 12.2. The Hall–Kier alpha value is -2.73. The molecule has 0 aromatic heterocycles. The summed E-state index contributed by atoms with van der Waals surface area (Å²) in [6.45, 7) is 0.153. The predicted molar refractivity (Wildman–Crippen MR) is 101 cm³/mol. The van der Waals surface area contributed by atoms with Gasteiger partial charge in [0.05, 0.1) is 13.7 Å². The van der Waals surface area contributed by atoms with Crippen LogP contribution in [0, 0.1) is 0 Å². The van der Waals surface area contributed by atoms with Crippen LogP contribution in [0.15, 0.2) is 48.5 Å². The number of carboxylic acid groups (broad SMARTS) is 1. The van der Waals surface area contributed by atoms with Crippen molar-refractivity contribution in [3.05, 3.63) is 59.1 Å². The van der Waals surface area contributed by atoms with E-state index in [1.165, 1.54) is 4.90 Å². The molecule has 0 aliphatic rings. The van der Waals surface area contributed by atoms with Crippen molar-refractivity contribution in [3.63, 3.8) is 0 Å². The number of halogens is 1. The van der Waals surface area contributed by atoms with Gasteiger partial charge in [-0.2, -0.15) is 0 Å². The summed E-state index contributed by atoms with van der Waals surface area (Å²) in [7, 11) is 1.55. The number of hydrogen-bond acceptors (Lipinski definition) is 4. The molecule has 0 unspecified atom stereocenters. The van der Waals surface area contributed by atoms with Gasteiger partial charge >= 0.3 is 5.97 Å². The predicted octanol–water partition coefficient (Wildman–Crippen LogP) is 2.60. The Balaban J connectivity index is 1.90. The summed E-state index contributed by atoms with van der Waals surface area (Å²) in [6, 6.07) is 14.3. The van der Waals surface area contributed by atoms with E-state index in [9.17, 15) is 9.59 Å². The third-order valence-electron chi connectivity index (χ3n) is 3.75. The van der Waals surface area contributed by atoms with Gasteiger partial charge in [0.15, 0.2) is 0 Å². The van der Waals surface area contributed by atoms with Crippen molar-refractivity contribution < 1.29 is 19.4 Å². The van der Waals surface area contributed by atoms with Gasteiger partial charge in [0.2, 0.25) is 5.91 Å². The zero-order chi connectivity index (χ0) is 18.9. The molecule has 0 aliphatic heterocycles. The van der Waals surface area contributed by atoms with Gasteiger partial charge in [-0.25, -0.2) is 0 Å². The molecule has 2 N–H and O–H groups in total. The molecule has 0 bridgehead atoms. The van der Waals surface area contributed by atoms with Crippen molar-refractivity contribution in [1.82, 2.24) is 5.32 Å². The highest BCUT2D eigenvalue weighted by atomic mass is 35.5. The molecule has 138 valence electrons. The first-order valence-electron chi connectivity index (χ1n) is 8.10. The van der Waals surface area contributed by atoms with E-state index < -0.39 is 5.97 Å². The highest BCUT2D eigenvalue weighted by Gasteiger charge is 2.15. The molecule has 0 saturated carbocycles. The van der Waals surface area contributed by atoms with E-state index in [4.69, 9.17) is 21.4 Å².